The van der Waals surface area contributed by atoms with Crippen LogP contribution in [0.2, 0.25) is 0 Å². The molecule has 18 heavy (non-hydrogen) atoms. The van der Waals surface area contributed by atoms with Crippen molar-refractivity contribution in [2.75, 3.05) is 6.54 Å². The van der Waals surface area contributed by atoms with E-state index in [1.807, 2.05) is 0 Å². The van der Waals surface area contributed by atoms with E-state index in [-0.39, 0.29) is 5.69 Å². The molecule has 0 saturated heterocycles. The number of rotatable bonds is 4. The molecule has 0 aliphatic carbocycles. The molecule has 2 N–H and O–H groups in total. The summed E-state index contributed by atoms with van der Waals surface area (Å²) >= 11 is 0. The van der Waals surface area contributed by atoms with Gasteiger partial charge in [0.1, 0.15) is 0 Å². The van der Waals surface area contributed by atoms with Crippen molar-refractivity contribution in [1.82, 2.24) is 10.1 Å². The maximum absolute atomic E-state index is 10.7. The van der Waals surface area contributed by atoms with Crippen LogP contribution >= 0.6 is 0 Å². The molecule has 7 nitrogen and oxygen atoms in total. The molecule has 94 valence electrons. The van der Waals surface area contributed by atoms with Gasteiger partial charge in [-0.3, -0.25) is 10.1 Å². The summed E-state index contributed by atoms with van der Waals surface area (Å²) in [5.41, 5.74) is 6.67. The highest BCUT2D eigenvalue weighted by Gasteiger charge is 2.14. The number of hydrogen-bond acceptors (Lipinski definition) is 6. The SMILES string of the molecule is Cc1cc(-c2nc(CCN)no2)ccc1[N+](=O)[O-]. The van der Waals surface area contributed by atoms with Crippen LogP contribution in [0.15, 0.2) is 22.7 Å². The third-order valence-electron chi connectivity index (χ3n) is 2.48. The second kappa shape index (κ2) is 4.92. The highest BCUT2D eigenvalue weighted by atomic mass is 16.6. The second-order valence-corrected chi connectivity index (χ2v) is 3.81. The van der Waals surface area contributed by atoms with Crippen molar-refractivity contribution in [1.29, 1.82) is 0 Å². The predicted octanol–water partition coefficient (Wildman–Crippen LogP) is 1.45. The number of aryl methyl sites for hydroxylation is 1. The third-order valence-corrected chi connectivity index (χ3v) is 2.48. The number of nitrogens with two attached hydrogens (primary N) is 1. The molecule has 0 fully saturated rings. The normalized spacial score (nSPS) is 10.6. The van der Waals surface area contributed by atoms with Crippen molar-refractivity contribution in [3.05, 3.63) is 39.7 Å². The van der Waals surface area contributed by atoms with E-state index in [1.165, 1.54) is 6.07 Å². The molecule has 0 amide bonds. The largest absolute Gasteiger partial charge is 0.334 e. The van der Waals surface area contributed by atoms with Gasteiger partial charge in [0, 0.05) is 23.6 Å². The molecule has 0 saturated carbocycles. The number of nitro groups is 1. The Labute approximate surface area is 103 Å². The summed E-state index contributed by atoms with van der Waals surface area (Å²) in [5, 5.41) is 14.5. The summed E-state index contributed by atoms with van der Waals surface area (Å²) in [4.78, 5) is 14.4. The minimum Gasteiger partial charge on any atom is -0.334 e. The summed E-state index contributed by atoms with van der Waals surface area (Å²) in [6.45, 7) is 2.11. The summed E-state index contributed by atoms with van der Waals surface area (Å²) in [7, 11) is 0. The smallest absolute Gasteiger partial charge is 0.272 e. The van der Waals surface area contributed by atoms with E-state index in [0.29, 0.717) is 35.8 Å². The molecule has 0 unspecified atom stereocenters. The Morgan fingerprint density at radius 2 is 2.28 bits per heavy atom. The maximum atomic E-state index is 10.7. The first-order valence-electron chi connectivity index (χ1n) is 5.40. The molecule has 1 aromatic carbocycles. The van der Waals surface area contributed by atoms with Crippen LogP contribution in [-0.2, 0) is 6.42 Å². The van der Waals surface area contributed by atoms with Gasteiger partial charge in [-0.2, -0.15) is 4.98 Å². The minimum absolute atomic E-state index is 0.0699. The van der Waals surface area contributed by atoms with Gasteiger partial charge in [0.05, 0.1) is 4.92 Å². The Hall–Kier alpha value is -2.28. The first kappa shape index (κ1) is 12.2. The van der Waals surface area contributed by atoms with E-state index in [2.05, 4.69) is 10.1 Å². The molecule has 7 heteroatoms. The van der Waals surface area contributed by atoms with Crippen LogP contribution in [0.1, 0.15) is 11.4 Å². The first-order valence-corrected chi connectivity index (χ1v) is 5.40. The van der Waals surface area contributed by atoms with Crippen LogP contribution in [0, 0.1) is 17.0 Å². The molecule has 0 aliphatic heterocycles. The minimum atomic E-state index is -0.424. The number of hydrogen-bond donors (Lipinski definition) is 1. The summed E-state index contributed by atoms with van der Waals surface area (Å²) in [6.07, 6.45) is 0.537. The molecular formula is C11H12N4O3. The van der Waals surface area contributed by atoms with Gasteiger partial charge in [-0.1, -0.05) is 5.16 Å². The fourth-order valence-corrected chi connectivity index (χ4v) is 1.60. The Balaban J connectivity index is 2.33. The second-order valence-electron chi connectivity index (χ2n) is 3.81. The Bertz CT molecular complexity index is 579. The Morgan fingerprint density at radius 3 is 2.89 bits per heavy atom. The van der Waals surface area contributed by atoms with Crippen LogP contribution in [0.25, 0.3) is 11.5 Å². The molecular weight excluding hydrogens is 236 g/mol. The molecule has 0 radical (unpaired) electrons. The summed E-state index contributed by atoms with van der Waals surface area (Å²) in [5.74, 6) is 0.875. The van der Waals surface area contributed by atoms with Crippen molar-refractivity contribution in [3.63, 3.8) is 0 Å². The molecule has 2 rings (SSSR count). The fraction of sp³-hybridized carbons (Fsp3) is 0.273. The summed E-state index contributed by atoms with van der Waals surface area (Å²) < 4.78 is 5.07. The van der Waals surface area contributed by atoms with Crippen molar-refractivity contribution < 1.29 is 9.45 Å². The van der Waals surface area contributed by atoms with Crippen molar-refractivity contribution in [3.8, 4) is 11.5 Å². The van der Waals surface area contributed by atoms with Crippen LogP contribution in [0.5, 0.6) is 0 Å². The quantitative estimate of drug-likeness (QED) is 0.648. The average molecular weight is 248 g/mol. The lowest BCUT2D eigenvalue weighted by molar-refractivity contribution is -0.385. The Kier molecular flexibility index (Phi) is 3.33. The summed E-state index contributed by atoms with van der Waals surface area (Å²) in [6, 6.07) is 4.67. The monoisotopic (exact) mass is 248 g/mol. The van der Waals surface area contributed by atoms with E-state index in [0.717, 1.165) is 0 Å². The lowest BCUT2D eigenvalue weighted by Gasteiger charge is -1.98. The molecule has 0 bridgehead atoms. The van der Waals surface area contributed by atoms with Gasteiger partial charge in [0.2, 0.25) is 0 Å². The molecule has 1 heterocycles. The molecule has 2 aromatic rings. The predicted molar refractivity (Wildman–Crippen MR) is 63.9 cm³/mol. The first-order chi connectivity index (χ1) is 8.61. The topological polar surface area (TPSA) is 108 Å². The number of aromatic nitrogens is 2. The number of benzene rings is 1. The standard InChI is InChI=1S/C11H12N4O3/c1-7-6-8(2-3-9(7)15(16)17)11-13-10(4-5-12)14-18-11/h2-3,6H,4-5,12H2,1H3. The van der Waals surface area contributed by atoms with E-state index in [1.54, 1.807) is 19.1 Å². The van der Waals surface area contributed by atoms with Crippen molar-refractivity contribution in [2.24, 2.45) is 5.73 Å². The maximum Gasteiger partial charge on any atom is 0.272 e. The highest BCUT2D eigenvalue weighted by molar-refractivity contribution is 5.58. The van der Waals surface area contributed by atoms with E-state index in [9.17, 15) is 10.1 Å². The molecule has 0 atom stereocenters. The molecule has 1 aromatic heterocycles. The number of nitro benzene ring substituents is 1. The van der Waals surface area contributed by atoms with Gasteiger partial charge in [-0.25, -0.2) is 0 Å². The van der Waals surface area contributed by atoms with Gasteiger partial charge in [-0.15, -0.1) is 0 Å². The zero-order chi connectivity index (χ0) is 13.1. The third kappa shape index (κ3) is 2.35. The van der Waals surface area contributed by atoms with E-state index >= 15 is 0 Å². The number of nitrogens with zero attached hydrogens (tertiary/aromatic N) is 3. The molecule has 0 aliphatic rings. The van der Waals surface area contributed by atoms with Crippen LogP contribution in [0.4, 0.5) is 5.69 Å². The van der Waals surface area contributed by atoms with Crippen molar-refractivity contribution in [2.45, 2.75) is 13.3 Å². The van der Waals surface area contributed by atoms with Gasteiger partial charge in [0.25, 0.3) is 11.6 Å². The van der Waals surface area contributed by atoms with E-state index < -0.39 is 4.92 Å². The lowest BCUT2D eigenvalue weighted by Crippen LogP contribution is -2.03. The van der Waals surface area contributed by atoms with Gasteiger partial charge >= 0.3 is 0 Å². The van der Waals surface area contributed by atoms with Gasteiger partial charge in [0.15, 0.2) is 5.82 Å². The van der Waals surface area contributed by atoms with Crippen LogP contribution < -0.4 is 5.73 Å². The van der Waals surface area contributed by atoms with E-state index in [4.69, 9.17) is 10.3 Å². The van der Waals surface area contributed by atoms with Crippen LogP contribution in [-0.4, -0.2) is 21.6 Å². The molecule has 0 spiro atoms. The zero-order valence-corrected chi connectivity index (χ0v) is 9.79. The highest BCUT2D eigenvalue weighted by Crippen LogP contribution is 2.24. The van der Waals surface area contributed by atoms with Gasteiger partial charge < -0.3 is 10.3 Å². The Morgan fingerprint density at radius 1 is 1.50 bits per heavy atom. The van der Waals surface area contributed by atoms with Gasteiger partial charge in [-0.05, 0) is 25.6 Å². The van der Waals surface area contributed by atoms with Crippen LogP contribution in [0.3, 0.4) is 0 Å². The fourth-order valence-electron chi connectivity index (χ4n) is 1.60. The van der Waals surface area contributed by atoms with Crippen molar-refractivity contribution >= 4 is 5.69 Å². The lowest BCUT2D eigenvalue weighted by atomic mass is 10.1. The zero-order valence-electron chi connectivity index (χ0n) is 9.79. The average Bonchev–Trinajstić information content (AvgIpc) is 2.77.